The summed E-state index contributed by atoms with van der Waals surface area (Å²) < 4.78 is 0.580. The van der Waals surface area contributed by atoms with Gasteiger partial charge in [0.1, 0.15) is 13.2 Å². The molecule has 0 fully saturated rings. The van der Waals surface area contributed by atoms with Crippen molar-refractivity contribution in [2.45, 2.75) is 0 Å². The molecule has 0 amide bonds. The number of allylic oxidation sites excluding steroid dienone is 4. The summed E-state index contributed by atoms with van der Waals surface area (Å²) in [5, 5.41) is 4.27. The molecule has 2 nitrogen and oxygen atoms in total. The lowest BCUT2D eigenvalue weighted by molar-refractivity contribution is -0.821. The van der Waals surface area contributed by atoms with Crippen LogP contribution in [0.3, 0.4) is 0 Å². The molecular weight excluding hydrogens is 124 g/mol. The summed E-state index contributed by atoms with van der Waals surface area (Å²) in [6.45, 7) is 0. The zero-order valence-electron chi connectivity index (χ0n) is 5.86. The first-order chi connectivity index (χ1) is 4.81. The van der Waals surface area contributed by atoms with Gasteiger partial charge in [0.25, 0.3) is 0 Å². The van der Waals surface area contributed by atoms with Crippen LogP contribution in [0, 0.1) is 0 Å². The molecule has 2 heterocycles. The molecule has 0 spiro atoms. The van der Waals surface area contributed by atoms with Gasteiger partial charge in [-0.25, -0.2) is 0 Å². The van der Waals surface area contributed by atoms with E-state index in [1.165, 1.54) is 5.70 Å². The average Bonchev–Trinajstić information content (AvgIpc) is 2.29. The largest absolute Gasteiger partial charge is 0.165 e. The lowest BCUT2D eigenvalue weighted by atomic mass is 10.3. The topological polar surface area (TPSA) is 12.4 Å². The van der Waals surface area contributed by atoms with E-state index in [-0.39, 0.29) is 0 Å². The highest BCUT2D eigenvalue weighted by atomic mass is 15.6. The van der Waals surface area contributed by atoms with Gasteiger partial charge in [-0.2, -0.15) is 0 Å². The van der Waals surface area contributed by atoms with Crippen LogP contribution >= 0.6 is 0 Å². The molecule has 1 atom stereocenters. The van der Waals surface area contributed by atoms with Crippen molar-refractivity contribution in [2.75, 3.05) is 7.05 Å². The fourth-order valence-corrected chi connectivity index (χ4v) is 1.17. The highest BCUT2D eigenvalue weighted by molar-refractivity contribution is 5.73. The van der Waals surface area contributed by atoms with Crippen molar-refractivity contribution in [3.05, 3.63) is 36.2 Å². The Morgan fingerprint density at radius 3 is 3.10 bits per heavy atom. The van der Waals surface area contributed by atoms with E-state index < -0.39 is 0 Å². The number of hydrogen-bond acceptors (Lipinski definition) is 1. The second-order valence-corrected chi connectivity index (χ2v) is 2.58. The van der Waals surface area contributed by atoms with Gasteiger partial charge >= 0.3 is 0 Å². The number of quaternary nitrogens is 1. The van der Waals surface area contributed by atoms with Gasteiger partial charge in [-0.05, 0) is 6.08 Å². The minimum Gasteiger partial charge on any atom is -0.143 e. The predicted octanol–water partition coefficient (Wildman–Crippen LogP) is 1.40. The van der Waals surface area contributed by atoms with Crippen LogP contribution in [0.5, 0.6) is 0 Å². The molecule has 2 heteroatoms. The average molecular weight is 133 g/mol. The summed E-state index contributed by atoms with van der Waals surface area (Å²) >= 11 is 0. The Bertz CT molecular complexity index is 271. The van der Waals surface area contributed by atoms with Crippen molar-refractivity contribution in [1.29, 1.82) is 0 Å². The second-order valence-electron chi connectivity index (χ2n) is 2.58. The molecule has 0 N–H and O–H groups in total. The van der Waals surface area contributed by atoms with E-state index in [2.05, 4.69) is 24.4 Å². The lowest BCUT2D eigenvalue weighted by Crippen LogP contribution is -2.28. The van der Waals surface area contributed by atoms with E-state index in [1.807, 2.05) is 24.4 Å². The first kappa shape index (κ1) is 5.62. The van der Waals surface area contributed by atoms with Gasteiger partial charge in [0.15, 0.2) is 5.70 Å². The van der Waals surface area contributed by atoms with Crippen LogP contribution in [0.15, 0.2) is 41.3 Å². The van der Waals surface area contributed by atoms with Gasteiger partial charge in [-0.3, -0.25) is 0 Å². The highest BCUT2D eigenvalue weighted by Crippen LogP contribution is 2.24. The number of hydrogen-bond donors (Lipinski definition) is 0. The zero-order chi connectivity index (χ0) is 7.03. The Morgan fingerprint density at radius 2 is 2.30 bits per heavy atom. The standard InChI is InChI=1S/C8H9N2/c1-10-7-3-2-4-8(10)5-6-9-10/h2-7H,1H3/q+1. The maximum absolute atomic E-state index is 4.27. The maximum Gasteiger partial charge on any atom is 0.165 e. The molecule has 2 rings (SSSR count). The molecular formula is C8H9N2+. The Hall–Kier alpha value is -1.15. The quantitative estimate of drug-likeness (QED) is 0.443. The SMILES string of the molecule is C[N+]12C=CC=CC1=CC=N2. The van der Waals surface area contributed by atoms with Crippen molar-refractivity contribution < 1.29 is 4.59 Å². The normalized spacial score (nSPS) is 34.3. The third kappa shape index (κ3) is 0.595. The Morgan fingerprint density at radius 1 is 1.40 bits per heavy atom. The summed E-state index contributed by atoms with van der Waals surface area (Å²) in [5.41, 5.74) is 1.22. The summed E-state index contributed by atoms with van der Waals surface area (Å²) in [6.07, 6.45) is 12.0. The lowest BCUT2D eigenvalue weighted by Gasteiger charge is -2.21. The van der Waals surface area contributed by atoms with E-state index in [0.717, 1.165) is 0 Å². The van der Waals surface area contributed by atoms with Gasteiger partial charge in [-0.1, -0.05) is 11.2 Å². The summed E-state index contributed by atoms with van der Waals surface area (Å²) in [7, 11) is 2.05. The van der Waals surface area contributed by atoms with Crippen LogP contribution in [0.1, 0.15) is 0 Å². The van der Waals surface area contributed by atoms with Gasteiger partial charge < -0.3 is 0 Å². The van der Waals surface area contributed by atoms with Crippen LogP contribution in [-0.2, 0) is 0 Å². The van der Waals surface area contributed by atoms with Crippen LogP contribution in [0.4, 0.5) is 0 Å². The van der Waals surface area contributed by atoms with E-state index in [1.54, 1.807) is 0 Å². The number of rotatable bonds is 0. The van der Waals surface area contributed by atoms with Crippen LogP contribution in [-0.4, -0.2) is 17.9 Å². The molecule has 1 unspecified atom stereocenters. The van der Waals surface area contributed by atoms with Crippen molar-refractivity contribution in [2.24, 2.45) is 5.10 Å². The van der Waals surface area contributed by atoms with E-state index in [0.29, 0.717) is 4.59 Å². The molecule has 50 valence electrons. The van der Waals surface area contributed by atoms with E-state index >= 15 is 0 Å². The third-order valence-electron chi connectivity index (χ3n) is 1.83. The molecule has 2 aliphatic heterocycles. The van der Waals surface area contributed by atoms with Crippen LogP contribution in [0.25, 0.3) is 0 Å². The molecule has 0 bridgehead atoms. The molecule has 0 radical (unpaired) electrons. The van der Waals surface area contributed by atoms with Crippen molar-refractivity contribution in [3.63, 3.8) is 0 Å². The summed E-state index contributed by atoms with van der Waals surface area (Å²) in [4.78, 5) is 0. The van der Waals surface area contributed by atoms with Crippen molar-refractivity contribution in [3.8, 4) is 0 Å². The Balaban J connectivity index is 2.51. The predicted molar refractivity (Wildman–Crippen MR) is 41.0 cm³/mol. The summed E-state index contributed by atoms with van der Waals surface area (Å²) in [5.74, 6) is 0. The second kappa shape index (κ2) is 1.67. The smallest absolute Gasteiger partial charge is 0.143 e. The fraction of sp³-hybridized carbons (Fsp3) is 0.125. The van der Waals surface area contributed by atoms with Gasteiger partial charge in [0.05, 0.1) is 6.21 Å². The molecule has 0 aromatic rings. The molecule has 2 aliphatic rings. The molecule has 10 heavy (non-hydrogen) atoms. The highest BCUT2D eigenvalue weighted by Gasteiger charge is 2.27. The fourth-order valence-electron chi connectivity index (χ4n) is 1.17. The van der Waals surface area contributed by atoms with Gasteiger partial charge in [0.2, 0.25) is 0 Å². The molecule has 0 saturated carbocycles. The minimum absolute atomic E-state index is 0.580. The van der Waals surface area contributed by atoms with Gasteiger partial charge in [0, 0.05) is 12.2 Å². The number of nitrogens with zero attached hydrogens (tertiary/aromatic N) is 2. The molecule has 0 aromatic carbocycles. The van der Waals surface area contributed by atoms with E-state index in [9.17, 15) is 0 Å². The minimum atomic E-state index is 0.580. The van der Waals surface area contributed by atoms with Crippen LogP contribution < -0.4 is 0 Å². The Labute approximate surface area is 60.0 Å². The number of likely N-dealkylation sites (N-methyl/N-ethyl adjacent to an activating group) is 1. The molecule has 0 aromatic heterocycles. The van der Waals surface area contributed by atoms with Crippen molar-refractivity contribution >= 4 is 6.21 Å². The summed E-state index contributed by atoms with van der Waals surface area (Å²) in [6, 6.07) is 0. The zero-order valence-corrected chi connectivity index (χ0v) is 5.86. The van der Waals surface area contributed by atoms with E-state index in [4.69, 9.17) is 0 Å². The third-order valence-corrected chi connectivity index (χ3v) is 1.83. The first-order valence-corrected chi connectivity index (χ1v) is 3.30. The number of fused-ring (bicyclic) bond motifs is 1. The monoisotopic (exact) mass is 133 g/mol. The first-order valence-electron chi connectivity index (χ1n) is 3.30. The van der Waals surface area contributed by atoms with Crippen LogP contribution in [0.2, 0.25) is 0 Å². The molecule has 0 aliphatic carbocycles. The van der Waals surface area contributed by atoms with Crippen molar-refractivity contribution in [1.82, 2.24) is 0 Å². The Kier molecular flexibility index (Phi) is 0.939. The molecule has 0 saturated heterocycles. The maximum atomic E-state index is 4.27. The van der Waals surface area contributed by atoms with Gasteiger partial charge in [-0.15, -0.1) is 4.59 Å².